The van der Waals surface area contributed by atoms with Gasteiger partial charge in [0.15, 0.2) is 0 Å². The van der Waals surface area contributed by atoms with E-state index in [1.165, 1.54) is 0 Å². The van der Waals surface area contributed by atoms with Crippen LogP contribution in [0.15, 0.2) is 18.5 Å². The van der Waals surface area contributed by atoms with Gasteiger partial charge in [0.2, 0.25) is 5.95 Å². The van der Waals surface area contributed by atoms with Gasteiger partial charge in [0.25, 0.3) is 0 Å². The van der Waals surface area contributed by atoms with Crippen LogP contribution in [0.5, 0.6) is 0 Å². The second-order valence-corrected chi connectivity index (χ2v) is 4.76. The number of rotatable bonds is 6. The highest BCUT2D eigenvalue weighted by Crippen LogP contribution is 2.19. The van der Waals surface area contributed by atoms with Crippen molar-refractivity contribution >= 4 is 5.95 Å². The van der Waals surface area contributed by atoms with Crippen molar-refractivity contribution in [1.29, 1.82) is 0 Å². The molecule has 1 aliphatic rings. The number of ether oxygens (including phenoxy) is 1. The van der Waals surface area contributed by atoms with Crippen LogP contribution in [0.3, 0.4) is 0 Å². The van der Waals surface area contributed by atoms with Crippen molar-refractivity contribution in [2.24, 2.45) is 5.73 Å². The quantitative estimate of drug-likeness (QED) is 0.750. The van der Waals surface area contributed by atoms with E-state index in [1.807, 2.05) is 6.07 Å². The summed E-state index contributed by atoms with van der Waals surface area (Å²) < 4.78 is 5.83. The smallest absolute Gasteiger partial charge is 0.222 e. The first kappa shape index (κ1) is 13.2. The summed E-state index contributed by atoms with van der Waals surface area (Å²) in [6.45, 7) is 1.63. The third-order valence-corrected chi connectivity index (χ3v) is 3.24. The molecule has 0 spiro atoms. The van der Waals surface area contributed by atoms with E-state index >= 15 is 0 Å². The summed E-state index contributed by atoms with van der Waals surface area (Å²) in [4.78, 5) is 8.20. The number of nitrogens with two attached hydrogens (primary N) is 1. The maximum atomic E-state index is 5.86. The van der Waals surface area contributed by atoms with Crippen LogP contribution in [0.25, 0.3) is 0 Å². The summed E-state index contributed by atoms with van der Waals surface area (Å²) in [5.41, 5.74) is 5.86. The molecule has 0 atom stereocenters. The molecule has 0 aromatic carbocycles. The van der Waals surface area contributed by atoms with Gasteiger partial charge in [-0.3, -0.25) is 0 Å². The van der Waals surface area contributed by atoms with Crippen molar-refractivity contribution in [3.8, 4) is 0 Å². The molecule has 1 heterocycles. The normalized spacial score (nSPS) is 23.8. The van der Waals surface area contributed by atoms with Crippen molar-refractivity contribution in [3.63, 3.8) is 0 Å². The molecule has 0 radical (unpaired) electrons. The van der Waals surface area contributed by atoms with Gasteiger partial charge in [-0.1, -0.05) is 0 Å². The Morgan fingerprint density at radius 1 is 1.22 bits per heavy atom. The minimum atomic E-state index is 0.391. The summed E-state index contributed by atoms with van der Waals surface area (Å²) in [7, 11) is 0. The number of nitrogens with zero attached hydrogens (tertiary/aromatic N) is 2. The highest BCUT2D eigenvalue weighted by molar-refractivity contribution is 5.21. The molecule has 0 unspecified atom stereocenters. The van der Waals surface area contributed by atoms with Gasteiger partial charge in [0, 0.05) is 31.6 Å². The molecular formula is C13H22N4O. The fourth-order valence-corrected chi connectivity index (χ4v) is 2.17. The van der Waals surface area contributed by atoms with Crippen LogP contribution in [0.1, 0.15) is 32.1 Å². The van der Waals surface area contributed by atoms with Crippen molar-refractivity contribution in [2.75, 3.05) is 18.5 Å². The molecule has 2 rings (SSSR count). The van der Waals surface area contributed by atoms with Crippen molar-refractivity contribution < 1.29 is 4.74 Å². The van der Waals surface area contributed by atoms with E-state index in [2.05, 4.69) is 15.3 Å². The molecule has 0 aliphatic heterocycles. The Bertz CT molecular complexity index is 325. The van der Waals surface area contributed by atoms with Gasteiger partial charge in [-0.2, -0.15) is 0 Å². The molecule has 0 amide bonds. The van der Waals surface area contributed by atoms with Crippen LogP contribution in [0.4, 0.5) is 5.95 Å². The molecule has 3 N–H and O–H groups in total. The fraction of sp³-hybridized carbons (Fsp3) is 0.692. The van der Waals surface area contributed by atoms with E-state index < -0.39 is 0 Å². The van der Waals surface area contributed by atoms with Crippen LogP contribution in [-0.4, -0.2) is 35.3 Å². The predicted molar refractivity (Wildman–Crippen MR) is 71.3 cm³/mol. The second kappa shape index (κ2) is 7.28. The first-order valence-electron chi connectivity index (χ1n) is 6.72. The maximum Gasteiger partial charge on any atom is 0.222 e. The van der Waals surface area contributed by atoms with Crippen molar-refractivity contribution in [2.45, 2.75) is 44.2 Å². The van der Waals surface area contributed by atoms with Gasteiger partial charge in [-0.25, -0.2) is 9.97 Å². The van der Waals surface area contributed by atoms with E-state index in [0.717, 1.165) is 45.3 Å². The van der Waals surface area contributed by atoms with Gasteiger partial charge in [-0.05, 0) is 38.2 Å². The average Bonchev–Trinajstić information content (AvgIpc) is 2.42. The molecule has 1 saturated carbocycles. The topological polar surface area (TPSA) is 73.1 Å². The fourth-order valence-electron chi connectivity index (χ4n) is 2.17. The maximum absolute atomic E-state index is 5.86. The largest absolute Gasteiger partial charge is 0.378 e. The number of hydrogen-bond donors (Lipinski definition) is 2. The lowest BCUT2D eigenvalue weighted by Gasteiger charge is -2.26. The molecule has 1 fully saturated rings. The predicted octanol–water partition coefficient (Wildman–Crippen LogP) is 1.57. The summed E-state index contributed by atoms with van der Waals surface area (Å²) in [6.07, 6.45) is 9.27. The molecule has 5 nitrogen and oxygen atoms in total. The van der Waals surface area contributed by atoms with Crippen LogP contribution in [0, 0.1) is 0 Å². The summed E-state index contributed by atoms with van der Waals surface area (Å²) in [5.74, 6) is 0.682. The lowest BCUT2D eigenvalue weighted by atomic mass is 9.94. The standard InChI is InChI=1S/C13H22N4O/c14-11-3-5-12(6-4-11)18-10-2-9-17-13-15-7-1-8-16-13/h1,7-8,11-12H,2-6,9-10,14H2,(H,15,16,17). The Morgan fingerprint density at radius 3 is 2.67 bits per heavy atom. The third-order valence-electron chi connectivity index (χ3n) is 3.24. The zero-order valence-corrected chi connectivity index (χ0v) is 10.7. The molecule has 1 aromatic heterocycles. The Hall–Kier alpha value is -1.20. The molecule has 100 valence electrons. The van der Waals surface area contributed by atoms with E-state index in [9.17, 15) is 0 Å². The van der Waals surface area contributed by atoms with Crippen LogP contribution < -0.4 is 11.1 Å². The first-order valence-corrected chi connectivity index (χ1v) is 6.72. The van der Waals surface area contributed by atoms with Crippen LogP contribution >= 0.6 is 0 Å². The first-order chi connectivity index (χ1) is 8.84. The molecular weight excluding hydrogens is 228 g/mol. The van der Waals surface area contributed by atoms with Gasteiger partial charge >= 0.3 is 0 Å². The van der Waals surface area contributed by atoms with E-state index in [0.29, 0.717) is 18.1 Å². The Morgan fingerprint density at radius 2 is 1.94 bits per heavy atom. The highest BCUT2D eigenvalue weighted by atomic mass is 16.5. The lowest BCUT2D eigenvalue weighted by molar-refractivity contribution is 0.0251. The molecule has 18 heavy (non-hydrogen) atoms. The number of anilines is 1. The van der Waals surface area contributed by atoms with Gasteiger partial charge in [0.05, 0.1) is 6.10 Å². The molecule has 0 bridgehead atoms. The summed E-state index contributed by atoms with van der Waals surface area (Å²) >= 11 is 0. The average molecular weight is 250 g/mol. The lowest BCUT2D eigenvalue weighted by Crippen LogP contribution is -2.30. The molecule has 1 aromatic rings. The van der Waals surface area contributed by atoms with Gasteiger partial charge < -0.3 is 15.8 Å². The Balaban J connectivity index is 1.51. The van der Waals surface area contributed by atoms with Crippen molar-refractivity contribution in [1.82, 2.24) is 9.97 Å². The SMILES string of the molecule is NC1CCC(OCCCNc2ncccn2)CC1. The second-order valence-electron chi connectivity index (χ2n) is 4.76. The Labute approximate surface area is 108 Å². The van der Waals surface area contributed by atoms with Crippen LogP contribution in [-0.2, 0) is 4.74 Å². The molecule has 1 aliphatic carbocycles. The van der Waals surface area contributed by atoms with Gasteiger partial charge in [0.1, 0.15) is 0 Å². The minimum Gasteiger partial charge on any atom is -0.378 e. The molecule has 5 heteroatoms. The van der Waals surface area contributed by atoms with Crippen LogP contribution in [0.2, 0.25) is 0 Å². The highest BCUT2D eigenvalue weighted by Gasteiger charge is 2.18. The summed E-state index contributed by atoms with van der Waals surface area (Å²) in [6, 6.07) is 2.20. The van der Waals surface area contributed by atoms with E-state index in [1.54, 1.807) is 12.4 Å². The van der Waals surface area contributed by atoms with E-state index in [4.69, 9.17) is 10.5 Å². The van der Waals surface area contributed by atoms with Crippen molar-refractivity contribution in [3.05, 3.63) is 18.5 Å². The summed E-state index contributed by atoms with van der Waals surface area (Å²) in [5, 5.41) is 3.17. The number of nitrogens with one attached hydrogen (secondary N) is 1. The zero-order chi connectivity index (χ0) is 12.6. The van der Waals surface area contributed by atoms with E-state index in [-0.39, 0.29) is 0 Å². The molecule has 0 saturated heterocycles. The minimum absolute atomic E-state index is 0.391. The zero-order valence-electron chi connectivity index (χ0n) is 10.7. The van der Waals surface area contributed by atoms with Gasteiger partial charge in [-0.15, -0.1) is 0 Å². The third kappa shape index (κ3) is 4.58. The number of hydrogen-bond acceptors (Lipinski definition) is 5. The number of aromatic nitrogens is 2. The Kier molecular flexibility index (Phi) is 5.36. The monoisotopic (exact) mass is 250 g/mol.